The van der Waals surface area contributed by atoms with Gasteiger partial charge in [-0.15, -0.1) is 0 Å². The summed E-state index contributed by atoms with van der Waals surface area (Å²) in [5, 5.41) is 3.71. The monoisotopic (exact) mass is 255 g/mol. The standard InChI is InChI=1S/C15H29NO2/c1-13(2)11-18-10-7-15(5-8-17-9-6-15)12-16-14-3-4-14/h13-14,16H,3-12H2,1-2H3. The Balaban J connectivity index is 1.71. The first kappa shape index (κ1) is 14.3. The Morgan fingerprint density at radius 3 is 2.61 bits per heavy atom. The highest BCUT2D eigenvalue weighted by molar-refractivity contribution is 4.89. The minimum Gasteiger partial charge on any atom is -0.381 e. The molecule has 0 radical (unpaired) electrons. The number of rotatable bonds is 8. The van der Waals surface area contributed by atoms with Gasteiger partial charge in [0.1, 0.15) is 0 Å². The van der Waals surface area contributed by atoms with Crippen molar-refractivity contribution in [3.63, 3.8) is 0 Å². The van der Waals surface area contributed by atoms with Gasteiger partial charge in [-0.05, 0) is 43.4 Å². The molecule has 1 N–H and O–H groups in total. The van der Waals surface area contributed by atoms with Gasteiger partial charge in [0.25, 0.3) is 0 Å². The molecule has 1 saturated heterocycles. The number of nitrogens with one attached hydrogen (secondary N) is 1. The maximum Gasteiger partial charge on any atom is 0.0488 e. The summed E-state index contributed by atoms with van der Waals surface area (Å²) in [6.07, 6.45) is 6.31. The second kappa shape index (κ2) is 6.88. The lowest BCUT2D eigenvalue weighted by Gasteiger charge is -2.37. The van der Waals surface area contributed by atoms with Crippen LogP contribution in [0.5, 0.6) is 0 Å². The fraction of sp³-hybridized carbons (Fsp3) is 1.00. The smallest absolute Gasteiger partial charge is 0.0488 e. The van der Waals surface area contributed by atoms with Gasteiger partial charge in [-0.1, -0.05) is 13.8 Å². The lowest BCUT2D eigenvalue weighted by atomic mass is 9.77. The van der Waals surface area contributed by atoms with Crippen LogP contribution in [0, 0.1) is 11.3 Å². The maximum absolute atomic E-state index is 5.78. The molecule has 1 aliphatic carbocycles. The Bertz CT molecular complexity index is 233. The summed E-state index contributed by atoms with van der Waals surface area (Å²) in [4.78, 5) is 0. The molecule has 0 aromatic carbocycles. The summed E-state index contributed by atoms with van der Waals surface area (Å²) in [5.74, 6) is 0.639. The van der Waals surface area contributed by atoms with Crippen molar-refractivity contribution < 1.29 is 9.47 Å². The lowest BCUT2D eigenvalue weighted by molar-refractivity contribution is -0.00877. The highest BCUT2D eigenvalue weighted by Gasteiger charge is 2.34. The fourth-order valence-electron chi connectivity index (χ4n) is 2.58. The summed E-state index contributed by atoms with van der Waals surface area (Å²) in [6, 6.07) is 0.807. The Labute approximate surface area is 112 Å². The first-order valence-corrected chi connectivity index (χ1v) is 7.59. The van der Waals surface area contributed by atoms with Crippen LogP contribution in [0.3, 0.4) is 0 Å². The summed E-state index contributed by atoms with van der Waals surface area (Å²) >= 11 is 0. The predicted molar refractivity (Wildman–Crippen MR) is 73.8 cm³/mol. The van der Waals surface area contributed by atoms with Crippen molar-refractivity contribution in [1.29, 1.82) is 0 Å². The van der Waals surface area contributed by atoms with Gasteiger partial charge < -0.3 is 14.8 Å². The Hall–Kier alpha value is -0.120. The van der Waals surface area contributed by atoms with E-state index in [1.165, 1.54) is 32.1 Å². The molecule has 2 rings (SSSR count). The lowest BCUT2D eigenvalue weighted by Crippen LogP contribution is -2.40. The third-order valence-electron chi connectivity index (χ3n) is 4.12. The fourth-order valence-corrected chi connectivity index (χ4v) is 2.58. The van der Waals surface area contributed by atoms with E-state index in [1.807, 2.05) is 0 Å². The van der Waals surface area contributed by atoms with E-state index in [0.717, 1.165) is 39.0 Å². The third kappa shape index (κ3) is 4.87. The van der Waals surface area contributed by atoms with Crippen molar-refractivity contribution in [2.45, 2.75) is 52.0 Å². The van der Waals surface area contributed by atoms with Crippen molar-refractivity contribution in [2.75, 3.05) is 33.0 Å². The third-order valence-corrected chi connectivity index (χ3v) is 4.12. The molecule has 0 amide bonds. The highest BCUT2D eigenvalue weighted by atomic mass is 16.5. The minimum absolute atomic E-state index is 0.428. The molecule has 106 valence electrons. The molecule has 0 unspecified atom stereocenters. The maximum atomic E-state index is 5.78. The van der Waals surface area contributed by atoms with E-state index >= 15 is 0 Å². The number of hydrogen-bond donors (Lipinski definition) is 1. The second-order valence-corrected chi connectivity index (χ2v) is 6.49. The largest absolute Gasteiger partial charge is 0.381 e. The molecule has 1 heterocycles. The molecule has 2 aliphatic rings. The SMILES string of the molecule is CC(C)COCCC1(CNC2CC2)CCOCC1. The molecule has 3 heteroatoms. The Morgan fingerprint density at radius 2 is 2.00 bits per heavy atom. The quantitative estimate of drug-likeness (QED) is 0.676. The number of hydrogen-bond acceptors (Lipinski definition) is 3. The molecular formula is C15H29NO2. The van der Waals surface area contributed by atoms with Crippen LogP contribution in [0.25, 0.3) is 0 Å². The van der Waals surface area contributed by atoms with Crippen molar-refractivity contribution in [3.05, 3.63) is 0 Å². The van der Waals surface area contributed by atoms with E-state index in [4.69, 9.17) is 9.47 Å². The average molecular weight is 255 g/mol. The zero-order valence-electron chi connectivity index (χ0n) is 12.0. The Morgan fingerprint density at radius 1 is 1.28 bits per heavy atom. The molecular weight excluding hydrogens is 226 g/mol. The van der Waals surface area contributed by atoms with Crippen molar-refractivity contribution >= 4 is 0 Å². The van der Waals surface area contributed by atoms with Crippen LogP contribution < -0.4 is 5.32 Å². The summed E-state index contributed by atoms with van der Waals surface area (Å²) in [5.41, 5.74) is 0.428. The van der Waals surface area contributed by atoms with E-state index in [0.29, 0.717) is 11.3 Å². The zero-order chi connectivity index (χ0) is 12.8. The van der Waals surface area contributed by atoms with Crippen LogP contribution in [0.4, 0.5) is 0 Å². The molecule has 0 aromatic rings. The first-order valence-electron chi connectivity index (χ1n) is 7.59. The van der Waals surface area contributed by atoms with Gasteiger partial charge in [-0.3, -0.25) is 0 Å². The highest BCUT2D eigenvalue weighted by Crippen LogP contribution is 2.34. The van der Waals surface area contributed by atoms with E-state index < -0.39 is 0 Å². The van der Waals surface area contributed by atoms with Crippen molar-refractivity contribution in [2.24, 2.45) is 11.3 Å². The van der Waals surface area contributed by atoms with Crippen LogP contribution in [0.15, 0.2) is 0 Å². The van der Waals surface area contributed by atoms with Crippen LogP contribution in [-0.2, 0) is 9.47 Å². The van der Waals surface area contributed by atoms with Crippen molar-refractivity contribution in [3.8, 4) is 0 Å². The molecule has 2 fully saturated rings. The van der Waals surface area contributed by atoms with Crippen LogP contribution >= 0.6 is 0 Å². The summed E-state index contributed by atoms with van der Waals surface area (Å²) in [7, 11) is 0. The van der Waals surface area contributed by atoms with Gasteiger partial charge in [-0.25, -0.2) is 0 Å². The van der Waals surface area contributed by atoms with Gasteiger partial charge in [0.05, 0.1) is 0 Å². The minimum atomic E-state index is 0.428. The van der Waals surface area contributed by atoms with Gasteiger partial charge >= 0.3 is 0 Å². The normalized spacial score (nSPS) is 23.5. The molecule has 1 aliphatic heterocycles. The molecule has 18 heavy (non-hydrogen) atoms. The predicted octanol–water partition coefficient (Wildman–Crippen LogP) is 2.60. The van der Waals surface area contributed by atoms with E-state index in [1.54, 1.807) is 0 Å². The second-order valence-electron chi connectivity index (χ2n) is 6.49. The molecule has 0 bridgehead atoms. The van der Waals surface area contributed by atoms with Gasteiger partial charge in [0.2, 0.25) is 0 Å². The topological polar surface area (TPSA) is 30.5 Å². The van der Waals surface area contributed by atoms with E-state index in [9.17, 15) is 0 Å². The average Bonchev–Trinajstić information content (AvgIpc) is 3.18. The van der Waals surface area contributed by atoms with Crippen molar-refractivity contribution in [1.82, 2.24) is 5.32 Å². The molecule has 0 aromatic heterocycles. The van der Waals surface area contributed by atoms with Gasteiger partial charge in [-0.2, -0.15) is 0 Å². The van der Waals surface area contributed by atoms with E-state index in [-0.39, 0.29) is 0 Å². The molecule has 3 nitrogen and oxygen atoms in total. The van der Waals surface area contributed by atoms with Gasteiger partial charge in [0.15, 0.2) is 0 Å². The zero-order valence-corrected chi connectivity index (χ0v) is 12.0. The summed E-state index contributed by atoms with van der Waals surface area (Å²) in [6.45, 7) is 9.23. The summed E-state index contributed by atoms with van der Waals surface area (Å²) < 4.78 is 11.3. The van der Waals surface area contributed by atoms with E-state index in [2.05, 4.69) is 19.2 Å². The molecule has 0 atom stereocenters. The molecule has 1 saturated carbocycles. The van der Waals surface area contributed by atoms with Crippen LogP contribution in [-0.4, -0.2) is 39.0 Å². The molecule has 0 spiro atoms. The first-order chi connectivity index (χ1) is 8.70. The van der Waals surface area contributed by atoms with Gasteiger partial charge in [0, 0.05) is 39.0 Å². The van der Waals surface area contributed by atoms with Crippen LogP contribution in [0.1, 0.15) is 46.0 Å². The van der Waals surface area contributed by atoms with Crippen LogP contribution in [0.2, 0.25) is 0 Å². The Kier molecular flexibility index (Phi) is 5.46. The number of ether oxygens (including phenoxy) is 2.